The highest BCUT2D eigenvalue weighted by molar-refractivity contribution is 5.92. The number of Topliss-reactive ketones (excluding diaryl/α,β-unsaturated/α-hetero) is 1. The molecular formula is C17H16O3. The molecule has 0 fully saturated rings. The van der Waals surface area contributed by atoms with Crippen LogP contribution in [0.5, 0.6) is 5.75 Å². The van der Waals surface area contributed by atoms with Crippen LogP contribution in [0.15, 0.2) is 48.7 Å². The molecule has 0 aromatic heterocycles. The standard InChI is InChI=1S/C17H16O3/c1-10(18)17(3)11(2)20-14-9-8-12-6-4-5-7-13(12)15(14)16(17)19/h4-9,16,19H,2H2,1,3H3. The first kappa shape index (κ1) is 12.9. The van der Waals surface area contributed by atoms with Gasteiger partial charge < -0.3 is 9.84 Å². The summed E-state index contributed by atoms with van der Waals surface area (Å²) in [4.78, 5) is 12.0. The van der Waals surface area contributed by atoms with E-state index < -0.39 is 11.5 Å². The second-order valence-corrected chi connectivity index (χ2v) is 5.38. The first-order valence-electron chi connectivity index (χ1n) is 6.54. The molecule has 0 saturated heterocycles. The molecule has 0 amide bonds. The Morgan fingerprint density at radius 3 is 2.70 bits per heavy atom. The van der Waals surface area contributed by atoms with Crippen molar-refractivity contribution in [1.82, 2.24) is 0 Å². The van der Waals surface area contributed by atoms with Gasteiger partial charge in [-0.2, -0.15) is 0 Å². The van der Waals surface area contributed by atoms with Crippen molar-refractivity contribution in [2.75, 3.05) is 0 Å². The highest BCUT2D eigenvalue weighted by Gasteiger charge is 2.48. The molecule has 20 heavy (non-hydrogen) atoms. The van der Waals surface area contributed by atoms with Gasteiger partial charge in [-0.1, -0.05) is 36.9 Å². The van der Waals surface area contributed by atoms with E-state index in [1.165, 1.54) is 6.92 Å². The van der Waals surface area contributed by atoms with Crippen LogP contribution in [0, 0.1) is 5.41 Å². The summed E-state index contributed by atoms with van der Waals surface area (Å²) >= 11 is 0. The van der Waals surface area contributed by atoms with Gasteiger partial charge in [0.25, 0.3) is 0 Å². The van der Waals surface area contributed by atoms with Crippen LogP contribution in [0.2, 0.25) is 0 Å². The van der Waals surface area contributed by atoms with E-state index in [0.29, 0.717) is 17.1 Å². The SMILES string of the molecule is C=C1Oc2ccc3ccccc3c2C(O)C1(C)C(C)=O. The summed E-state index contributed by atoms with van der Waals surface area (Å²) in [6.07, 6.45) is -0.956. The molecule has 2 atom stereocenters. The molecule has 2 aromatic rings. The number of fused-ring (bicyclic) bond motifs is 3. The number of hydrogen-bond donors (Lipinski definition) is 1. The van der Waals surface area contributed by atoms with Gasteiger partial charge in [-0.3, -0.25) is 4.79 Å². The molecule has 2 unspecified atom stereocenters. The Balaban J connectivity index is 2.33. The topological polar surface area (TPSA) is 46.5 Å². The molecule has 3 rings (SSSR count). The first-order chi connectivity index (χ1) is 9.46. The molecule has 3 heteroatoms. The van der Waals surface area contributed by atoms with Crippen molar-refractivity contribution in [1.29, 1.82) is 0 Å². The summed E-state index contributed by atoms with van der Waals surface area (Å²) in [6, 6.07) is 11.5. The monoisotopic (exact) mass is 268 g/mol. The Morgan fingerprint density at radius 2 is 2.00 bits per heavy atom. The Kier molecular flexibility index (Phi) is 2.69. The number of rotatable bonds is 1. The van der Waals surface area contributed by atoms with Gasteiger partial charge in [0, 0.05) is 5.56 Å². The first-order valence-corrected chi connectivity index (χ1v) is 6.54. The molecule has 1 heterocycles. The van der Waals surface area contributed by atoms with Gasteiger partial charge in [-0.15, -0.1) is 0 Å². The molecule has 0 bridgehead atoms. The van der Waals surface area contributed by atoms with E-state index in [9.17, 15) is 9.90 Å². The Bertz CT molecular complexity index is 732. The number of aliphatic hydroxyl groups is 1. The second kappa shape index (κ2) is 4.18. The number of carbonyl (C=O) groups excluding carboxylic acids is 1. The number of ketones is 1. The molecule has 1 N–H and O–H groups in total. The molecule has 102 valence electrons. The predicted octanol–water partition coefficient (Wildman–Crippen LogP) is 3.37. The van der Waals surface area contributed by atoms with Crippen LogP contribution in [0.25, 0.3) is 10.8 Å². The van der Waals surface area contributed by atoms with Gasteiger partial charge in [-0.05, 0) is 30.7 Å². The minimum Gasteiger partial charge on any atom is -0.461 e. The third kappa shape index (κ3) is 1.53. The van der Waals surface area contributed by atoms with Crippen molar-refractivity contribution >= 4 is 16.6 Å². The molecule has 0 radical (unpaired) electrons. The number of hydrogen-bond acceptors (Lipinski definition) is 3. The van der Waals surface area contributed by atoms with Crippen molar-refractivity contribution in [2.24, 2.45) is 5.41 Å². The number of aliphatic hydroxyl groups excluding tert-OH is 1. The maximum atomic E-state index is 12.0. The lowest BCUT2D eigenvalue weighted by Gasteiger charge is -2.39. The third-order valence-electron chi connectivity index (χ3n) is 4.29. The highest BCUT2D eigenvalue weighted by Crippen LogP contribution is 2.50. The van der Waals surface area contributed by atoms with E-state index in [0.717, 1.165) is 10.8 Å². The molecule has 0 spiro atoms. The van der Waals surface area contributed by atoms with Gasteiger partial charge in [-0.25, -0.2) is 0 Å². The van der Waals surface area contributed by atoms with Crippen LogP contribution < -0.4 is 4.74 Å². The number of carbonyl (C=O) groups is 1. The fourth-order valence-corrected chi connectivity index (χ4v) is 2.72. The Hall–Kier alpha value is -2.13. The zero-order valence-electron chi connectivity index (χ0n) is 11.5. The molecule has 1 aliphatic rings. The molecular weight excluding hydrogens is 252 g/mol. The zero-order valence-corrected chi connectivity index (χ0v) is 11.5. The maximum Gasteiger partial charge on any atom is 0.146 e. The van der Waals surface area contributed by atoms with Crippen molar-refractivity contribution < 1.29 is 14.6 Å². The van der Waals surface area contributed by atoms with E-state index in [4.69, 9.17) is 4.74 Å². The lowest BCUT2D eigenvalue weighted by molar-refractivity contribution is -0.132. The van der Waals surface area contributed by atoms with E-state index >= 15 is 0 Å². The van der Waals surface area contributed by atoms with Gasteiger partial charge in [0.1, 0.15) is 28.8 Å². The largest absolute Gasteiger partial charge is 0.461 e. The summed E-state index contributed by atoms with van der Waals surface area (Å²) in [5.74, 6) is 0.703. The van der Waals surface area contributed by atoms with Gasteiger partial charge in [0.2, 0.25) is 0 Å². The fraction of sp³-hybridized carbons (Fsp3) is 0.235. The average molecular weight is 268 g/mol. The van der Waals surface area contributed by atoms with Gasteiger partial charge in [0.15, 0.2) is 0 Å². The Morgan fingerprint density at radius 1 is 1.30 bits per heavy atom. The lowest BCUT2D eigenvalue weighted by Crippen LogP contribution is -2.39. The molecule has 0 saturated carbocycles. The van der Waals surface area contributed by atoms with E-state index in [2.05, 4.69) is 6.58 Å². The normalized spacial score (nSPS) is 25.1. The smallest absolute Gasteiger partial charge is 0.146 e. The molecule has 3 nitrogen and oxygen atoms in total. The van der Waals surface area contributed by atoms with E-state index in [1.807, 2.05) is 36.4 Å². The molecule has 2 aromatic carbocycles. The minimum atomic E-state index is -1.11. The van der Waals surface area contributed by atoms with Crippen LogP contribution in [-0.2, 0) is 4.79 Å². The predicted molar refractivity (Wildman–Crippen MR) is 77.5 cm³/mol. The average Bonchev–Trinajstić information content (AvgIpc) is 2.44. The minimum absolute atomic E-state index is 0.159. The zero-order chi connectivity index (χ0) is 14.5. The summed E-state index contributed by atoms with van der Waals surface area (Å²) < 4.78 is 5.71. The molecule has 1 aliphatic heterocycles. The van der Waals surface area contributed by atoms with Crippen LogP contribution >= 0.6 is 0 Å². The van der Waals surface area contributed by atoms with E-state index in [-0.39, 0.29) is 5.78 Å². The molecule has 0 aliphatic carbocycles. The van der Waals surface area contributed by atoms with Crippen LogP contribution in [0.1, 0.15) is 25.5 Å². The highest BCUT2D eigenvalue weighted by atomic mass is 16.5. The van der Waals surface area contributed by atoms with Crippen molar-refractivity contribution in [3.8, 4) is 5.75 Å². The van der Waals surface area contributed by atoms with Crippen molar-refractivity contribution in [3.05, 3.63) is 54.3 Å². The second-order valence-electron chi connectivity index (χ2n) is 5.38. The van der Waals surface area contributed by atoms with Crippen LogP contribution in [-0.4, -0.2) is 10.9 Å². The quantitative estimate of drug-likeness (QED) is 0.862. The number of ether oxygens (including phenoxy) is 1. The summed E-state index contributed by atoms with van der Waals surface area (Å²) in [5.41, 5.74) is -0.454. The summed E-state index contributed by atoms with van der Waals surface area (Å²) in [5, 5.41) is 12.7. The van der Waals surface area contributed by atoms with E-state index in [1.54, 1.807) is 6.92 Å². The van der Waals surface area contributed by atoms with Crippen molar-refractivity contribution in [3.63, 3.8) is 0 Å². The number of benzene rings is 2. The lowest BCUT2D eigenvalue weighted by atomic mass is 9.73. The maximum absolute atomic E-state index is 12.0. The van der Waals surface area contributed by atoms with Crippen molar-refractivity contribution in [2.45, 2.75) is 20.0 Å². The van der Waals surface area contributed by atoms with Crippen LogP contribution in [0.4, 0.5) is 0 Å². The fourth-order valence-electron chi connectivity index (χ4n) is 2.72. The van der Waals surface area contributed by atoms with Crippen LogP contribution in [0.3, 0.4) is 0 Å². The van der Waals surface area contributed by atoms with Gasteiger partial charge >= 0.3 is 0 Å². The summed E-state index contributed by atoms with van der Waals surface area (Å²) in [7, 11) is 0. The van der Waals surface area contributed by atoms with Gasteiger partial charge in [0.05, 0.1) is 0 Å². The third-order valence-corrected chi connectivity index (χ3v) is 4.29. The summed E-state index contributed by atoms with van der Waals surface area (Å²) in [6.45, 7) is 6.94. The Labute approximate surface area is 117 Å².